The van der Waals surface area contributed by atoms with Crippen molar-refractivity contribution in [3.63, 3.8) is 0 Å². The topological polar surface area (TPSA) is 74.5 Å². The summed E-state index contributed by atoms with van der Waals surface area (Å²) in [6.07, 6.45) is 8.68. The maximum atomic E-state index is 12.4. The van der Waals surface area contributed by atoms with Crippen LogP contribution in [0.2, 0.25) is 0 Å². The molecule has 7 heteroatoms. The van der Waals surface area contributed by atoms with Gasteiger partial charge in [0.2, 0.25) is 5.91 Å². The number of aliphatic imine (C=N–C) groups is 1. The van der Waals surface area contributed by atoms with Crippen LogP contribution in [0.15, 0.2) is 23.5 Å². The van der Waals surface area contributed by atoms with Crippen LogP contribution in [0.5, 0.6) is 0 Å². The van der Waals surface area contributed by atoms with Gasteiger partial charge in [0.25, 0.3) is 0 Å². The Bertz CT molecular complexity index is 528. The largest absolute Gasteiger partial charge is 0.357 e. The molecule has 7 nitrogen and oxygen atoms in total. The van der Waals surface area contributed by atoms with Crippen molar-refractivity contribution >= 4 is 11.9 Å². The van der Waals surface area contributed by atoms with Crippen LogP contribution in [0.4, 0.5) is 0 Å². The van der Waals surface area contributed by atoms with E-state index in [1.807, 2.05) is 28.8 Å². The fraction of sp³-hybridized carbons (Fsp3) is 0.722. The van der Waals surface area contributed by atoms with Crippen LogP contribution >= 0.6 is 0 Å². The summed E-state index contributed by atoms with van der Waals surface area (Å²) in [7, 11) is 0. The van der Waals surface area contributed by atoms with E-state index in [1.165, 1.54) is 6.42 Å². The van der Waals surface area contributed by atoms with Gasteiger partial charge in [0.05, 0.1) is 0 Å². The predicted octanol–water partition coefficient (Wildman–Crippen LogP) is 1.62. The van der Waals surface area contributed by atoms with Crippen LogP contribution in [0.1, 0.15) is 46.0 Å². The van der Waals surface area contributed by atoms with Gasteiger partial charge in [0, 0.05) is 57.6 Å². The Kier molecular flexibility index (Phi) is 8.28. The molecule has 1 aromatic rings. The van der Waals surface area contributed by atoms with Crippen molar-refractivity contribution in [1.29, 1.82) is 0 Å². The van der Waals surface area contributed by atoms with Gasteiger partial charge in [0.15, 0.2) is 5.96 Å². The molecule has 0 aliphatic carbocycles. The second-order valence-corrected chi connectivity index (χ2v) is 6.49. The normalized spacial score (nSPS) is 18.2. The van der Waals surface area contributed by atoms with Crippen LogP contribution in [-0.2, 0) is 11.3 Å². The standard InChI is InChI=1S/C18H32N6O/c1-3-19-18(20-10-6-13-23-14-7-11-22-23)21-12-9-17(25)24-15-5-4-8-16(24)2/h7,11,14,16H,3-6,8-10,12-13,15H2,1-2H3,(H2,19,20,21). The number of likely N-dealkylation sites (tertiary alicyclic amines) is 1. The highest BCUT2D eigenvalue weighted by molar-refractivity contribution is 5.81. The molecule has 0 spiro atoms. The zero-order chi connectivity index (χ0) is 17.9. The molecule has 0 bridgehead atoms. The monoisotopic (exact) mass is 348 g/mol. The summed E-state index contributed by atoms with van der Waals surface area (Å²) in [6, 6.07) is 2.31. The first-order chi connectivity index (χ1) is 12.2. The molecular weight excluding hydrogens is 316 g/mol. The molecular formula is C18H32N6O. The fourth-order valence-electron chi connectivity index (χ4n) is 3.10. The molecule has 1 unspecified atom stereocenters. The molecule has 25 heavy (non-hydrogen) atoms. The number of carbonyl (C=O) groups is 1. The third-order valence-electron chi connectivity index (χ3n) is 4.47. The lowest BCUT2D eigenvalue weighted by atomic mass is 10.0. The van der Waals surface area contributed by atoms with E-state index >= 15 is 0 Å². The number of nitrogens with zero attached hydrogens (tertiary/aromatic N) is 4. The van der Waals surface area contributed by atoms with Gasteiger partial charge in [-0.15, -0.1) is 0 Å². The van der Waals surface area contributed by atoms with Gasteiger partial charge in [-0.05, 0) is 45.6 Å². The molecule has 2 rings (SSSR count). The Labute approximate surface area is 150 Å². The molecule has 1 aromatic heterocycles. The molecule has 1 atom stereocenters. The number of guanidine groups is 1. The summed E-state index contributed by atoms with van der Waals surface area (Å²) in [5, 5.41) is 10.7. The van der Waals surface area contributed by atoms with Gasteiger partial charge in [0.1, 0.15) is 0 Å². The minimum absolute atomic E-state index is 0.245. The van der Waals surface area contributed by atoms with Gasteiger partial charge < -0.3 is 15.5 Å². The van der Waals surface area contributed by atoms with Gasteiger partial charge in [-0.1, -0.05) is 0 Å². The van der Waals surface area contributed by atoms with Crippen LogP contribution in [0.3, 0.4) is 0 Å². The van der Waals surface area contributed by atoms with Crippen molar-refractivity contribution in [2.75, 3.05) is 26.2 Å². The second kappa shape index (κ2) is 10.7. The highest BCUT2D eigenvalue weighted by Gasteiger charge is 2.22. The van der Waals surface area contributed by atoms with Gasteiger partial charge >= 0.3 is 0 Å². The Morgan fingerprint density at radius 2 is 2.24 bits per heavy atom. The molecule has 1 aliphatic rings. The van der Waals surface area contributed by atoms with E-state index in [-0.39, 0.29) is 5.91 Å². The summed E-state index contributed by atoms with van der Waals surface area (Å²) >= 11 is 0. The third-order valence-corrected chi connectivity index (χ3v) is 4.47. The van der Waals surface area contributed by atoms with E-state index in [1.54, 1.807) is 6.20 Å². The number of hydrogen-bond acceptors (Lipinski definition) is 3. The number of amides is 1. The molecule has 1 amide bonds. The molecule has 0 radical (unpaired) electrons. The molecule has 140 valence electrons. The average molecular weight is 348 g/mol. The zero-order valence-electron chi connectivity index (χ0n) is 15.6. The number of nitrogens with one attached hydrogen (secondary N) is 2. The summed E-state index contributed by atoms with van der Waals surface area (Å²) in [5.74, 6) is 1.02. The first-order valence-electron chi connectivity index (χ1n) is 9.49. The summed E-state index contributed by atoms with van der Waals surface area (Å²) in [6.45, 7) is 8.11. The van der Waals surface area contributed by atoms with Crippen molar-refractivity contribution in [3.05, 3.63) is 18.5 Å². The number of carbonyl (C=O) groups excluding carboxylic acids is 1. The zero-order valence-corrected chi connectivity index (χ0v) is 15.6. The first kappa shape index (κ1) is 19.3. The number of piperidine rings is 1. The smallest absolute Gasteiger partial charge is 0.224 e. The van der Waals surface area contributed by atoms with Gasteiger partial charge in [-0.25, -0.2) is 0 Å². The van der Waals surface area contributed by atoms with Gasteiger partial charge in [-0.2, -0.15) is 5.10 Å². The van der Waals surface area contributed by atoms with Crippen LogP contribution in [0.25, 0.3) is 0 Å². The fourth-order valence-corrected chi connectivity index (χ4v) is 3.10. The Hall–Kier alpha value is -2.05. The molecule has 1 saturated heterocycles. The average Bonchev–Trinajstić information content (AvgIpc) is 3.12. The Morgan fingerprint density at radius 3 is 2.96 bits per heavy atom. The van der Waals surface area contributed by atoms with Crippen LogP contribution in [0, 0.1) is 0 Å². The Morgan fingerprint density at radius 1 is 1.36 bits per heavy atom. The lowest BCUT2D eigenvalue weighted by Gasteiger charge is -2.33. The maximum absolute atomic E-state index is 12.4. The number of rotatable bonds is 8. The molecule has 0 aromatic carbocycles. The summed E-state index contributed by atoms with van der Waals surface area (Å²) in [5.41, 5.74) is 0. The number of aromatic nitrogens is 2. The summed E-state index contributed by atoms with van der Waals surface area (Å²) in [4.78, 5) is 18.9. The van der Waals surface area contributed by atoms with Crippen molar-refractivity contribution in [1.82, 2.24) is 25.3 Å². The molecule has 1 fully saturated rings. The minimum Gasteiger partial charge on any atom is -0.357 e. The van der Waals surface area contributed by atoms with Crippen molar-refractivity contribution in [3.8, 4) is 0 Å². The van der Waals surface area contributed by atoms with Gasteiger partial charge in [-0.3, -0.25) is 14.5 Å². The van der Waals surface area contributed by atoms with E-state index in [4.69, 9.17) is 0 Å². The second-order valence-electron chi connectivity index (χ2n) is 6.49. The molecule has 1 aliphatic heterocycles. The van der Waals surface area contributed by atoms with E-state index in [9.17, 15) is 4.79 Å². The van der Waals surface area contributed by atoms with Crippen molar-refractivity contribution in [2.45, 2.75) is 58.5 Å². The van der Waals surface area contributed by atoms with E-state index in [0.717, 1.165) is 51.4 Å². The number of aryl methyl sites for hydroxylation is 1. The lowest BCUT2D eigenvalue weighted by molar-refractivity contribution is -0.134. The van der Waals surface area contributed by atoms with Crippen molar-refractivity contribution in [2.24, 2.45) is 4.99 Å². The molecule has 2 heterocycles. The van der Waals surface area contributed by atoms with E-state index in [0.29, 0.717) is 19.0 Å². The SMILES string of the molecule is CCNC(=NCCCn1cccn1)NCCC(=O)N1CCCCC1C. The number of hydrogen-bond donors (Lipinski definition) is 2. The predicted molar refractivity (Wildman–Crippen MR) is 100 cm³/mol. The Balaban J connectivity index is 1.68. The van der Waals surface area contributed by atoms with E-state index < -0.39 is 0 Å². The minimum atomic E-state index is 0.245. The lowest BCUT2D eigenvalue weighted by Crippen LogP contribution is -2.44. The quantitative estimate of drug-likeness (QED) is 0.425. The maximum Gasteiger partial charge on any atom is 0.224 e. The highest BCUT2D eigenvalue weighted by Crippen LogP contribution is 2.16. The first-order valence-corrected chi connectivity index (χ1v) is 9.49. The third kappa shape index (κ3) is 6.76. The highest BCUT2D eigenvalue weighted by atomic mass is 16.2. The van der Waals surface area contributed by atoms with Crippen LogP contribution in [-0.4, -0.2) is 58.8 Å². The van der Waals surface area contributed by atoms with Crippen LogP contribution < -0.4 is 10.6 Å². The summed E-state index contributed by atoms with van der Waals surface area (Å²) < 4.78 is 1.91. The van der Waals surface area contributed by atoms with E-state index in [2.05, 4.69) is 27.6 Å². The molecule has 0 saturated carbocycles. The molecule has 2 N–H and O–H groups in total. The van der Waals surface area contributed by atoms with Crippen molar-refractivity contribution < 1.29 is 4.79 Å².